The van der Waals surface area contributed by atoms with Gasteiger partial charge in [0, 0.05) is 17.1 Å². The lowest BCUT2D eigenvalue weighted by Crippen LogP contribution is -2.37. The Labute approximate surface area is 136 Å². The van der Waals surface area contributed by atoms with Crippen molar-refractivity contribution in [1.29, 1.82) is 0 Å². The Hall–Kier alpha value is -2.39. The molecule has 0 unspecified atom stereocenters. The zero-order valence-corrected chi connectivity index (χ0v) is 14.6. The molecular weight excluding hydrogens is 298 g/mol. The lowest BCUT2D eigenvalue weighted by Gasteiger charge is -2.17. The van der Waals surface area contributed by atoms with E-state index < -0.39 is 8.07 Å². The summed E-state index contributed by atoms with van der Waals surface area (Å²) in [6.45, 7) is 7.11. The number of rotatable bonds is 2. The highest BCUT2D eigenvalue weighted by atomic mass is 28.3. The second-order valence-electron chi connectivity index (χ2n) is 6.96. The molecule has 3 heteroatoms. The molecule has 0 saturated carbocycles. The first-order chi connectivity index (χ1) is 11.0. The third kappa shape index (κ3) is 2.37. The number of fused-ring (bicyclic) bond motifs is 3. The molecule has 0 fully saturated rings. The van der Waals surface area contributed by atoms with E-state index in [0.29, 0.717) is 0 Å². The van der Waals surface area contributed by atoms with Gasteiger partial charge in [0.15, 0.2) is 0 Å². The summed E-state index contributed by atoms with van der Waals surface area (Å²) < 4.78 is 5.98. The van der Waals surface area contributed by atoms with Gasteiger partial charge in [-0.25, -0.2) is 0 Å². The van der Waals surface area contributed by atoms with Gasteiger partial charge in [-0.3, -0.25) is 4.98 Å². The molecule has 0 atom stereocenters. The fraction of sp³-hybridized carbons (Fsp3) is 0.150. The van der Waals surface area contributed by atoms with Gasteiger partial charge in [0.05, 0.1) is 19.2 Å². The highest BCUT2D eigenvalue weighted by Crippen LogP contribution is 2.34. The van der Waals surface area contributed by atoms with Crippen molar-refractivity contribution in [3.63, 3.8) is 0 Å². The molecule has 2 nitrogen and oxygen atoms in total. The van der Waals surface area contributed by atoms with Gasteiger partial charge < -0.3 is 4.42 Å². The van der Waals surface area contributed by atoms with Crippen LogP contribution in [0.3, 0.4) is 0 Å². The van der Waals surface area contributed by atoms with Crippen LogP contribution in [0.5, 0.6) is 0 Å². The molecule has 2 aromatic carbocycles. The average molecular weight is 317 g/mol. The first-order valence-corrected chi connectivity index (χ1v) is 11.4. The number of aromatic nitrogens is 1. The zero-order chi connectivity index (χ0) is 16.0. The molecular formula is C20H19NOSi. The summed E-state index contributed by atoms with van der Waals surface area (Å²) in [5.41, 5.74) is 3.99. The maximum absolute atomic E-state index is 5.98. The van der Waals surface area contributed by atoms with Crippen LogP contribution in [-0.2, 0) is 0 Å². The summed E-state index contributed by atoms with van der Waals surface area (Å²) in [6, 6.07) is 18.9. The fourth-order valence-electron chi connectivity index (χ4n) is 3.02. The van der Waals surface area contributed by atoms with Crippen molar-refractivity contribution in [2.24, 2.45) is 0 Å². The Balaban J connectivity index is 2.03. The number of para-hydroxylation sites is 1. The molecule has 23 heavy (non-hydrogen) atoms. The smallest absolute Gasteiger partial charge is 0.139 e. The first kappa shape index (κ1) is 14.2. The van der Waals surface area contributed by atoms with Crippen LogP contribution < -0.4 is 5.19 Å². The Bertz CT molecular complexity index is 1010. The Morgan fingerprint density at radius 2 is 1.70 bits per heavy atom. The molecule has 0 spiro atoms. The van der Waals surface area contributed by atoms with Gasteiger partial charge in [0.25, 0.3) is 0 Å². The summed E-state index contributed by atoms with van der Waals surface area (Å²) in [5, 5.41) is 3.68. The highest BCUT2D eigenvalue weighted by Gasteiger charge is 2.18. The molecule has 0 aliphatic carbocycles. The Morgan fingerprint density at radius 3 is 2.52 bits per heavy atom. The van der Waals surface area contributed by atoms with Gasteiger partial charge in [-0.05, 0) is 12.1 Å². The van der Waals surface area contributed by atoms with E-state index in [1.165, 1.54) is 10.8 Å². The van der Waals surface area contributed by atoms with E-state index in [-0.39, 0.29) is 0 Å². The predicted molar refractivity (Wildman–Crippen MR) is 99.9 cm³/mol. The maximum Gasteiger partial charge on any atom is 0.139 e. The molecule has 0 aliphatic heterocycles. The van der Waals surface area contributed by atoms with E-state index in [1.807, 2.05) is 30.5 Å². The first-order valence-electron chi connectivity index (χ1n) is 7.91. The number of furan rings is 1. The third-order valence-electron chi connectivity index (χ3n) is 4.29. The van der Waals surface area contributed by atoms with E-state index in [0.717, 1.165) is 27.6 Å². The van der Waals surface area contributed by atoms with Crippen LogP contribution in [-0.4, -0.2) is 13.1 Å². The van der Waals surface area contributed by atoms with Gasteiger partial charge in [-0.2, -0.15) is 0 Å². The van der Waals surface area contributed by atoms with Crippen molar-refractivity contribution in [2.45, 2.75) is 19.6 Å². The van der Waals surface area contributed by atoms with Crippen molar-refractivity contribution in [3.8, 4) is 11.3 Å². The molecule has 4 rings (SSSR count). The van der Waals surface area contributed by atoms with Gasteiger partial charge in [0.1, 0.15) is 11.2 Å². The number of hydrogen-bond acceptors (Lipinski definition) is 2. The quantitative estimate of drug-likeness (QED) is 0.475. The second kappa shape index (κ2) is 5.07. The topological polar surface area (TPSA) is 26.0 Å². The molecule has 0 amide bonds. The summed E-state index contributed by atoms with van der Waals surface area (Å²) in [4.78, 5) is 4.68. The maximum atomic E-state index is 5.98. The van der Waals surface area contributed by atoms with Crippen LogP contribution in [0.1, 0.15) is 0 Å². The third-order valence-corrected chi connectivity index (χ3v) is 6.33. The highest BCUT2D eigenvalue weighted by molar-refractivity contribution is 6.88. The molecule has 114 valence electrons. The number of pyridine rings is 1. The van der Waals surface area contributed by atoms with Crippen LogP contribution in [0.25, 0.3) is 33.2 Å². The molecule has 0 bridgehead atoms. The fourth-order valence-corrected chi connectivity index (χ4v) is 4.21. The van der Waals surface area contributed by atoms with Crippen LogP contribution in [0.4, 0.5) is 0 Å². The van der Waals surface area contributed by atoms with E-state index in [4.69, 9.17) is 4.42 Å². The summed E-state index contributed by atoms with van der Waals surface area (Å²) in [5.74, 6) is 0. The number of hydrogen-bond donors (Lipinski definition) is 0. The van der Waals surface area contributed by atoms with Crippen LogP contribution >= 0.6 is 0 Å². The van der Waals surface area contributed by atoms with E-state index >= 15 is 0 Å². The Kier molecular flexibility index (Phi) is 3.13. The van der Waals surface area contributed by atoms with Crippen LogP contribution in [0, 0.1) is 0 Å². The molecule has 0 N–H and O–H groups in total. The predicted octanol–water partition coefficient (Wildman–Crippen LogP) is 5.19. The van der Waals surface area contributed by atoms with Crippen molar-refractivity contribution in [1.82, 2.24) is 4.98 Å². The van der Waals surface area contributed by atoms with Crippen molar-refractivity contribution in [2.75, 3.05) is 0 Å². The summed E-state index contributed by atoms with van der Waals surface area (Å²) in [6.07, 6.45) is 1.83. The monoisotopic (exact) mass is 317 g/mol. The van der Waals surface area contributed by atoms with Gasteiger partial charge in [-0.15, -0.1) is 0 Å². The van der Waals surface area contributed by atoms with Crippen molar-refractivity contribution >= 4 is 35.2 Å². The summed E-state index contributed by atoms with van der Waals surface area (Å²) >= 11 is 0. The van der Waals surface area contributed by atoms with Gasteiger partial charge in [0.2, 0.25) is 0 Å². The lowest BCUT2D eigenvalue weighted by atomic mass is 10.1. The van der Waals surface area contributed by atoms with Crippen molar-refractivity contribution in [3.05, 3.63) is 60.8 Å². The lowest BCUT2D eigenvalue weighted by molar-refractivity contribution is 0.668. The SMILES string of the molecule is C[Si](C)(C)c1cccc(-c2nccc3oc4ccccc4c23)c1. The molecule has 2 heterocycles. The normalized spacial score (nSPS) is 12.1. The minimum Gasteiger partial charge on any atom is -0.456 e. The van der Waals surface area contributed by atoms with Gasteiger partial charge in [-0.1, -0.05) is 67.3 Å². The molecule has 0 radical (unpaired) electrons. The number of benzene rings is 2. The molecule has 2 aromatic heterocycles. The second-order valence-corrected chi connectivity index (χ2v) is 12.0. The van der Waals surface area contributed by atoms with Crippen LogP contribution in [0.2, 0.25) is 19.6 Å². The minimum atomic E-state index is -1.35. The van der Waals surface area contributed by atoms with E-state index in [9.17, 15) is 0 Å². The van der Waals surface area contributed by atoms with E-state index in [2.05, 4.69) is 55.0 Å². The van der Waals surface area contributed by atoms with E-state index in [1.54, 1.807) is 0 Å². The standard InChI is InChI=1S/C20H19NOSi/c1-23(2,3)15-8-6-7-14(13-15)20-19-16-9-4-5-10-17(16)22-18(19)11-12-21-20/h4-13H,1-3H3. The molecule has 4 aromatic rings. The molecule has 0 saturated heterocycles. The number of nitrogens with zero attached hydrogens (tertiary/aromatic N) is 1. The van der Waals surface area contributed by atoms with Crippen LogP contribution in [0.15, 0.2) is 65.2 Å². The summed E-state index contributed by atoms with van der Waals surface area (Å²) in [7, 11) is -1.35. The Morgan fingerprint density at radius 1 is 0.870 bits per heavy atom. The van der Waals surface area contributed by atoms with Crippen molar-refractivity contribution < 1.29 is 4.42 Å². The minimum absolute atomic E-state index is 0.898. The van der Waals surface area contributed by atoms with Gasteiger partial charge >= 0.3 is 0 Å². The average Bonchev–Trinajstić information content (AvgIpc) is 2.93. The largest absolute Gasteiger partial charge is 0.456 e. The zero-order valence-electron chi connectivity index (χ0n) is 13.6. The molecule has 0 aliphatic rings.